The molecule has 0 aliphatic carbocycles. The molecule has 0 aliphatic heterocycles. The Balaban J connectivity index is 0.00000144. The fourth-order valence-corrected chi connectivity index (χ4v) is 2.21. The SMILES string of the molecule is CCCc1cc(SC)ccc1I.[NaH]. The summed E-state index contributed by atoms with van der Waals surface area (Å²) in [4.78, 5) is 1.37. The van der Waals surface area contributed by atoms with E-state index >= 15 is 0 Å². The van der Waals surface area contributed by atoms with Crippen LogP contribution in [0, 0.1) is 3.57 Å². The third kappa shape index (κ3) is 4.56. The number of thioether (sulfide) groups is 1. The summed E-state index contributed by atoms with van der Waals surface area (Å²) < 4.78 is 1.40. The van der Waals surface area contributed by atoms with Gasteiger partial charge in [-0.05, 0) is 59.0 Å². The summed E-state index contributed by atoms with van der Waals surface area (Å²) in [6, 6.07) is 6.69. The zero-order chi connectivity index (χ0) is 8.97. The molecule has 0 aromatic heterocycles. The third-order valence-electron chi connectivity index (χ3n) is 1.77. The van der Waals surface area contributed by atoms with Crippen LogP contribution in [-0.4, -0.2) is 35.8 Å². The van der Waals surface area contributed by atoms with Crippen LogP contribution >= 0.6 is 34.4 Å². The molecular formula is C10H14INaS. The molecule has 0 bridgehead atoms. The normalized spacial score (nSPS) is 9.46. The van der Waals surface area contributed by atoms with E-state index in [-0.39, 0.29) is 29.6 Å². The van der Waals surface area contributed by atoms with Crippen molar-refractivity contribution < 1.29 is 0 Å². The van der Waals surface area contributed by atoms with E-state index in [9.17, 15) is 0 Å². The summed E-state index contributed by atoms with van der Waals surface area (Å²) in [7, 11) is 0. The van der Waals surface area contributed by atoms with Crippen molar-refractivity contribution in [2.45, 2.75) is 24.7 Å². The van der Waals surface area contributed by atoms with Gasteiger partial charge in [0.15, 0.2) is 0 Å². The average Bonchev–Trinajstić information content (AvgIpc) is 2.09. The molecule has 0 spiro atoms. The topological polar surface area (TPSA) is 0 Å². The van der Waals surface area contributed by atoms with Crippen LogP contribution in [0.2, 0.25) is 0 Å². The van der Waals surface area contributed by atoms with Crippen LogP contribution in [0.5, 0.6) is 0 Å². The summed E-state index contributed by atoms with van der Waals surface area (Å²) in [5.41, 5.74) is 1.49. The fourth-order valence-electron chi connectivity index (χ4n) is 1.14. The predicted octanol–water partition coefficient (Wildman–Crippen LogP) is 3.32. The predicted molar refractivity (Wildman–Crippen MR) is 72.1 cm³/mol. The Morgan fingerprint density at radius 1 is 1.38 bits per heavy atom. The van der Waals surface area contributed by atoms with Crippen molar-refractivity contribution in [1.82, 2.24) is 0 Å². The van der Waals surface area contributed by atoms with E-state index in [1.165, 1.54) is 26.9 Å². The van der Waals surface area contributed by atoms with E-state index in [0.29, 0.717) is 0 Å². The molecule has 0 saturated carbocycles. The van der Waals surface area contributed by atoms with E-state index in [1.807, 2.05) is 11.8 Å². The van der Waals surface area contributed by atoms with Gasteiger partial charge in [-0.15, -0.1) is 11.8 Å². The van der Waals surface area contributed by atoms with Crippen LogP contribution in [-0.2, 0) is 6.42 Å². The molecule has 0 atom stereocenters. The number of hydrogen-bond acceptors (Lipinski definition) is 1. The molecule has 3 heteroatoms. The molecule has 0 amide bonds. The van der Waals surface area contributed by atoms with Crippen molar-refractivity contribution in [2.24, 2.45) is 0 Å². The molecule has 1 aromatic carbocycles. The molecule has 0 nitrogen and oxygen atoms in total. The summed E-state index contributed by atoms with van der Waals surface area (Å²) in [5.74, 6) is 0. The fraction of sp³-hybridized carbons (Fsp3) is 0.400. The number of aryl methyl sites for hydroxylation is 1. The van der Waals surface area contributed by atoms with Crippen molar-refractivity contribution in [3.8, 4) is 0 Å². The van der Waals surface area contributed by atoms with Gasteiger partial charge in [0.05, 0.1) is 0 Å². The average molecular weight is 316 g/mol. The van der Waals surface area contributed by atoms with Crippen LogP contribution in [0.3, 0.4) is 0 Å². The number of halogens is 1. The van der Waals surface area contributed by atoms with Gasteiger partial charge in [-0.3, -0.25) is 0 Å². The Kier molecular flexibility index (Phi) is 8.33. The quantitative estimate of drug-likeness (QED) is 0.468. The van der Waals surface area contributed by atoms with Crippen molar-refractivity contribution in [3.05, 3.63) is 27.3 Å². The standard InChI is InChI=1S/C10H13IS.Na.H/c1-3-4-8-7-9(12-2)5-6-10(8)11;;/h5-7H,3-4H2,1-2H3;;. The molecule has 68 valence electrons. The van der Waals surface area contributed by atoms with E-state index in [4.69, 9.17) is 0 Å². The molecule has 0 saturated heterocycles. The first-order valence-corrected chi connectivity index (χ1v) is 6.40. The first kappa shape index (κ1) is 14.3. The van der Waals surface area contributed by atoms with Gasteiger partial charge in [-0.1, -0.05) is 13.3 Å². The zero-order valence-electron chi connectivity index (χ0n) is 7.43. The second-order valence-corrected chi connectivity index (χ2v) is 4.75. The van der Waals surface area contributed by atoms with Gasteiger partial charge < -0.3 is 0 Å². The Hall–Kier alpha value is 1.30. The monoisotopic (exact) mass is 316 g/mol. The van der Waals surface area contributed by atoms with Crippen molar-refractivity contribution >= 4 is 63.9 Å². The molecule has 0 unspecified atom stereocenters. The summed E-state index contributed by atoms with van der Waals surface area (Å²) in [5, 5.41) is 0. The van der Waals surface area contributed by atoms with E-state index in [2.05, 4.69) is 54.0 Å². The van der Waals surface area contributed by atoms with Gasteiger partial charge in [0.1, 0.15) is 0 Å². The minimum atomic E-state index is 0. The maximum atomic E-state index is 2.41. The van der Waals surface area contributed by atoms with Gasteiger partial charge in [0.25, 0.3) is 0 Å². The Morgan fingerprint density at radius 2 is 2.08 bits per heavy atom. The molecule has 0 aliphatic rings. The second kappa shape index (κ2) is 7.57. The van der Waals surface area contributed by atoms with E-state index in [0.717, 1.165) is 0 Å². The van der Waals surface area contributed by atoms with Crippen molar-refractivity contribution in [2.75, 3.05) is 6.26 Å². The molecule has 13 heavy (non-hydrogen) atoms. The second-order valence-electron chi connectivity index (χ2n) is 2.71. The number of benzene rings is 1. The first-order chi connectivity index (χ1) is 5.77. The third-order valence-corrected chi connectivity index (χ3v) is 3.55. The summed E-state index contributed by atoms with van der Waals surface area (Å²) >= 11 is 4.22. The molecule has 0 heterocycles. The molecule has 1 rings (SSSR count). The molecule has 1 aromatic rings. The number of rotatable bonds is 3. The Labute approximate surface area is 121 Å². The Morgan fingerprint density at radius 3 is 2.62 bits per heavy atom. The van der Waals surface area contributed by atoms with Crippen LogP contribution in [0.15, 0.2) is 23.1 Å². The van der Waals surface area contributed by atoms with Crippen LogP contribution in [0.4, 0.5) is 0 Å². The Bertz CT molecular complexity index is 263. The zero-order valence-corrected chi connectivity index (χ0v) is 10.4. The van der Waals surface area contributed by atoms with Crippen LogP contribution in [0.25, 0.3) is 0 Å². The van der Waals surface area contributed by atoms with Crippen molar-refractivity contribution in [3.63, 3.8) is 0 Å². The van der Waals surface area contributed by atoms with Crippen LogP contribution < -0.4 is 0 Å². The maximum absolute atomic E-state index is 2.41. The van der Waals surface area contributed by atoms with Gasteiger partial charge >= 0.3 is 29.6 Å². The molecular weight excluding hydrogens is 302 g/mol. The molecule has 0 radical (unpaired) electrons. The summed E-state index contributed by atoms with van der Waals surface area (Å²) in [6.07, 6.45) is 4.55. The van der Waals surface area contributed by atoms with E-state index in [1.54, 1.807) is 0 Å². The van der Waals surface area contributed by atoms with Gasteiger partial charge in [0, 0.05) is 8.47 Å². The van der Waals surface area contributed by atoms with E-state index < -0.39 is 0 Å². The summed E-state index contributed by atoms with van der Waals surface area (Å²) in [6.45, 7) is 2.22. The molecule has 0 fully saturated rings. The van der Waals surface area contributed by atoms with Gasteiger partial charge in [-0.2, -0.15) is 0 Å². The minimum absolute atomic E-state index is 0. The first-order valence-electron chi connectivity index (χ1n) is 4.10. The van der Waals surface area contributed by atoms with Crippen molar-refractivity contribution in [1.29, 1.82) is 0 Å². The van der Waals surface area contributed by atoms with Gasteiger partial charge in [0.2, 0.25) is 0 Å². The number of hydrogen-bond donors (Lipinski definition) is 0. The van der Waals surface area contributed by atoms with Crippen LogP contribution in [0.1, 0.15) is 18.9 Å². The molecule has 0 N–H and O–H groups in total. The van der Waals surface area contributed by atoms with Gasteiger partial charge in [-0.25, -0.2) is 0 Å².